The maximum Gasteiger partial charge on any atom is 0.320 e. The molecule has 0 N–H and O–H groups in total. The van der Waals surface area contributed by atoms with E-state index in [9.17, 15) is 4.79 Å². The fourth-order valence-corrected chi connectivity index (χ4v) is 3.25. The van der Waals surface area contributed by atoms with Crippen molar-refractivity contribution in [2.75, 3.05) is 46.0 Å². The van der Waals surface area contributed by atoms with Crippen molar-refractivity contribution in [1.82, 2.24) is 9.80 Å². The molecular weight excluding hydrogens is 292 g/mol. The van der Waals surface area contributed by atoms with E-state index in [0.29, 0.717) is 38.8 Å². The van der Waals surface area contributed by atoms with Crippen LogP contribution in [0.25, 0.3) is 0 Å². The highest BCUT2D eigenvalue weighted by molar-refractivity contribution is 5.74. The topological polar surface area (TPSA) is 42.0 Å². The van der Waals surface area contributed by atoms with E-state index in [-0.39, 0.29) is 6.03 Å². The van der Waals surface area contributed by atoms with Gasteiger partial charge in [-0.15, -0.1) is 0 Å². The average Bonchev–Trinajstić information content (AvgIpc) is 2.60. The van der Waals surface area contributed by atoms with Gasteiger partial charge in [0.15, 0.2) is 0 Å². The standard InChI is InChI=1S/C18H26N2O3/c1-15-4-2-6-17(12-15)23-14-16-5-3-7-20(13-16)18(21)19-8-10-22-11-9-19/h2,4,6,12,16H,3,5,7-11,13-14H2,1H3. The molecule has 2 amide bonds. The molecule has 1 unspecified atom stereocenters. The third-order valence-corrected chi connectivity index (χ3v) is 4.55. The van der Waals surface area contributed by atoms with Crippen LogP contribution in [0.15, 0.2) is 24.3 Å². The van der Waals surface area contributed by atoms with Crippen molar-refractivity contribution in [3.63, 3.8) is 0 Å². The number of hydrogen-bond acceptors (Lipinski definition) is 3. The lowest BCUT2D eigenvalue weighted by Crippen LogP contribution is -2.51. The predicted octanol–water partition coefficient (Wildman–Crippen LogP) is 2.54. The number of ether oxygens (including phenoxy) is 2. The Labute approximate surface area is 138 Å². The zero-order valence-electron chi connectivity index (χ0n) is 13.9. The molecule has 2 aliphatic heterocycles. The summed E-state index contributed by atoms with van der Waals surface area (Å²) in [6, 6.07) is 8.29. The summed E-state index contributed by atoms with van der Waals surface area (Å²) < 4.78 is 11.3. The number of carbonyl (C=O) groups excluding carboxylic acids is 1. The van der Waals surface area contributed by atoms with Gasteiger partial charge in [0.1, 0.15) is 5.75 Å². The van der Waals surface area contributed by atoms with Crippen LogP contribution in [0.3, 0.4) is 0 Å². The highest BCUT2D eigenvalue weighted by Crippen LogP contribution is 2.20. The van der Waals surface area contributed by atoms with Crippen LogP contribution >= 0.6 is 0 Å². The SMILES string of the molecule is Cc1cccc(OCC2CCCN(C(=O)N3CCOCC3)C2)c1. The van der Waals surface area contributed by atoms with Crippen LogP contribution in [-0.2, 0) is 4.74 Å². The molecule has 5 nitrogen and oxygen atoms in total. The van der Waals surface area contributed by atoms with E-state index in [4.69, 9.17) is 9.47 Å². The predicted molar refractivity (Wildman–Crippen MR) is 88.8 cm³/mol. The number of morpholine rings is 1. The summed E-state index contributed by atoms with van der Waals surface area (Å²) in [6.45, 7) is 7.12. The molecule has 1 aromatic carbocycles. The van der Waals surface area contributed by atoms with Crippen molar-refractivity contribution in [3.8, 4) is 5.75 Å². The largest absolute Gasteiger partial charge is 0.493 e. The second kappa shape index (κ2) is 7.68. The minimum Gasteiger partial charge on any atom is -0.493 e. The average molecular weight is 318 g/mol. The van der Waals surface area contributed by atoms with Crippen LogP contribution in [0.2, 0.25) is 0 Å². The molecule has 5 heteroatoms. The first-order valence-electron chi connectivity index (χ1n) is 8.53. The van der Waals surface area contributed by atoms with Gasteiger partial charge in [-0.05, 0) is 37.5 Å². The molecule has 1 aromatic rings. The molecule has 2 aliphatic rings. The third kappa shape index (κ3) is 4.38. The molecule has 3 rings (SSSR count). The smallest absolute Gasteiger partial charge is 0.320 e. The fraction of sp³-hybridized carbons (Fsp3) is 0.611. The lowest BCUT2D eigenvalue weighted by molar-refractivity contribution is 0.0374. The summed E-state index contributed by atoms with van der Waals surface area (Å²) in [5.41, 5.74) is 1.20. The molecule has 0 saturated carbocycles. The van der Waals surface area contributed by atoms with Gasteiger partial charge in [0.25, 0.3) is 0 Å². The van der Waals surface area contributed by atoms with E-state index in [2.05, 4.69) is 19.1 Å². The van der Waals surface area contributed by atoms with Crippen LogP contribution in [0.1, 0.15) is 18.4 Å². The van der Waals surface area contributed by atoms with Crippen molar-refractivity contribution in [2.24, 2.45) is 5.92 Å². The third-order valence-electron chi connectivity index (χ3n) is 4.55. The van der Waals surface area contributed by atoms with Gasteiger partial charge in [0, 0.05) is 32.1 Å². The lowest BCUT2D eigenvalue weighted by Gasteiger charge is -2.37. The molecule has 1 atom stereocenters. The summed E-state index contributed by atoms with van der Waals surface area (Å²) in [6.07, 6.45) is 2.18. The number of nitrogens with zero attached hydrogens (tertiary/aromatic N) is 2. The van der Waals surface area contributed by atoms with Crippen LogP contribution in [0.4, 0.5) is 4.79 Å². The van der Waals surface area contributed by atoms with Gasteiger partial charge in [-0.2, -0.15) is 0 Å². The van der Waals surface area contributed by atoms with Gasteiger partial charge in [-0.25, -0.2) is 4.79 Å². The van der Waals surface area contributed by atoms with Crippen molar-refractivity contribution in [1.29, 1.82) is 0 Å². The van der Waals surface area contributed by atoms with Crippen LogP contribution in [0.5, 0.6) is 5.75 Å². The summed E-state index contributed by atoms with van der Waals surface area (Å²) >= 11 is 0. The first kappa shape index (κ1) is 16.1. The number of amides is 2. The van der Waals surface area contributed by atoms with E-state index < -0.39 is 0 Å². The Bertz CT molecular complexity index is 529. The highest BCUT2D eigenvalue weighted by atomic mass is 16.5. The maximum absolute atomic E-state index is 12.6. The maximum atomic E-state index is 12.6. The van der Waals surface area contributed by atoms with Crippen molar-refractivity contribution < 1.29 is 14.3 Å². The molecule has 126 valence electrons. The van der Waals surface area contributed by atoms with Crippen LogP contribution in [0, 0.1) is 12.8 Å². The number of rotatable bonds is 3. The van der Waals surface area contributed by atoms with Gasteiger partial charge in [-0.3, -0.25) is 0 Å². The first-order chi connectivity index (χ1) is 11.2. The number of urea groups is 1. The molecule has 2 fully saturated rings. The second-order valence-electron chi connectivity index (χ2n) is 6.46. The number of likely N-dealkylation sites (tertiary alicyclic amines) is 1. The molecule has 2 heterocycles. The normalized spacial score (nSPS) is 22.0. The van der Waals surface area contributed by atoms with Crippen molar-refractivity contribution in [2.45, 2.75) is 19.8 Å². The number of carbonyl (C=O) groups is 1. The lowest BCUT2D eigenvalue weighted by atomic mass is 9.99. The Morgan fingerprint density at radius 2 is 2.09 bits per heavy atom. The summed E-state index contributed by atoms with van der Waals surface area (Å²) in [7, 11) is 0. The zero-order valence-corrected chi connectivity index (χ0v) is 13.9. The Balaban J connectivity index is 1.50. The minimum absolute atomic E-state index is 0.161. The number of hydrogen-bond donors (Lipinski definition) is 0. The fourth-order valence-electron chi connectivity index (χ4n) is 3.25. The van der Waals surface area contributed by atoms with Gasteiger partial charge in [0.2, 0.25) is 0 Å². The van der Waals surface area contributed by atoms with E-state index in [1.807, 2.05) is 21.9 Å². The molecular formula is C18H26N2O3. The van der Waals surface area contributed by atoms with E-state index in [1.54, 1.807) is 0 Å². The quantitative estimate of drug-likeness (QED) is 0.860. The van der Waals surface area contributed by atoms with Crippen LogP contribution < -0.4 is 4.74 Å². The van der Waals surface area contributed by atoms with E-state index in [1.165, 1.54) is 5.56 Å². The Morgan fingerprint density at radius 3 is 2.87 bits per heavy atom. The van der Waals surface area contributed by atoms with Gasteiger partial charge in [-0.1, -0.05) is 12.1 Å². The number of piperidine rings is 1. The minimum atomic E-state index is 0.161. The first-order valence-corrected chi connectivity index (χ1v) is 8.53. The molecule has 0 aliphatic carbocycles. The summed E-state index contributed by atoms with van der Waals surface area (Å²) in [5, 5.41) is 0. The number of benzene rings is 1. The summed E-state index contributed by atoms with van der Waals surface area (Å²) in [4.78, 5) is 16.5. The molecule has 0 aromatic heterocycles. The molecule has 0 radical (unpaired) electrons. The Hall–Kier alpha value is -1.75. The monoisotopic (exact) mass is 318 g/mol. The number of aryl methyl sites for hydroxylation is 1. The second-order valence-corrected chi connectivity index (χ2v) is 6.46. The van der Waals surface area contributed by atoms with Gasteiger partial charge >= 0.3 is 6.03 Å². The Morgan fingerprint density at radius 1 is 1.26 bits per heavy atom. The Kier molecular flexibility index (Phi) is 5.39. The molecule has 23 heavy (non-hydrogen) atoms. The zero-order chi connectivity index (χ0) is 16.1. The molecule has 2 saturated heterocycles. The van der Waals surface area contributed by atoms with E-state index in [0.717, 1.165) is 31.7 Å². The molecule has 0 bridgehead atoms. The highest BCUT2D eigenvalue weighted by Gasteiger charge is 2.28. The van der Waals surface area contributed by atoms with Crippen molar-refractivity contribution in [3.05, 3.63) is 29.8 Å². The van der Waals surface area contributed by atoms with Gasteiger partial charge in [0.05, 0.1) is 19.8 Å². The van der Waals surface area contributed by atoms with E-state index >= 15 is 0 Å². The van der Waals surface area contributed by atoms with Gasteiger partial charge < -0.3 is 19.3 Å². The summed E-state index contributed by atoms with van der Waals surface area (Å²) in [5.74, 6) is 1.33. The van der Waals surface area contributed by atoms with Crippen molar-refractivity contribution >= 4 is 6.03 Å². The molecule has 0 spiro atoms. The van der Waals surface area contributed by atoms with Crippen LogP contribution in [-0.4, -0.2) is 61.8 Å².